The standard InChI is InChI=1S/C15H9F2N3/c16-13-4-3-11(14(17)15(13)18)2-1-10-5-6-20-9-19-8-12(20)7-10/h3-9H,18H2. The minimum absolute atomic E-state index is 0.0669. The highest BCUT2D eigenvalue weighted by Crippen LogP contribution is 2.18. The Labute approximate surface area is 113 Å². The fourth-order valence-electron chi connectivity index (χ4n) is 1.80. The van der Waals surface area contributed by atoms with Crippen molar-refractivity contribution in [2.45, 2.75) is 0 Å². The van der Waals surface area contributed by atoms with E-state index in [9.17, 15) is 8.78 Å². The third kappa shape index (κ3) is 2.08. The van der Waals surface area contributed by atoms with E-state index >= 15 is 0 Å². The first kappa shape index (κ1) is 12.2. The van der Waals surface area contributed by atoms with Crippen molar-refractivity contribution >= 4 is 11.2 Å². The van der Waals surface area contributed by atoms with Crippen LogP contribution < -0.4 is 5.73 Å². The van der Waals surface area contributed by atoms with Crippen LogP contribution in [0.4, 0.5) is 14.5 Å². The SMILES string of the molecule is Nc1c(F)ccc(C#Cc2ccn3cncc3c2)c1F. The summed E-state index contributed by atoms with van der Waals surface area (Å²) in [6.07, 6.45) is 5.18. The molecule has 0 amide bonds. The molecule has 3 aromatic rings. The van der Waals surface area contributed by atoms with E-state index in [2.05, 4.69) is 16.8 Å². The number of aromatic nitrogens is 2. The van der Waals surface area contributed by atoms with Crippen LogP contribution in [-0.2, 0) is 0 Å². The fourth-order valence-corrected chi connectivity index (χ4v) is 1.80. The molecule has 5 heteroatoms. The van der Waals surface area contributed by atoms with Crippen LogP contribution in [0.15, 0.2) is 43.0 Å². The van der Waals surface area contributed by atoms with Crippen LogP contribution in [0, 0.1) is 23.5 Å². The second-order valence-corrected chi connectivity index (χ2v) is 4.21. The molecule has 1 aromatic carbocycles. The van der Waals surface area contributed by atoms with Gasteiger partial charge in [-0.25, -0.2) is 13.8 Å². The summed E-state index contributed by atoms with van der Waals surface area (Å²) in [5.74, 6) is 3.86. The van der Waals surface area contributed by atoms with Gasteiger partial charge in [0.05, 0.1) is 23.6 Å². The Hall–Kier alpha value is -2.87. The molecule has 2 heterocycles. The highest BCUT2D eigenvalue weighted by Gasteiger charge is 2.08. The first-order chi connectivity index (χ1) is 9.65. The molecule has 20 heavy (non-hydrogen) atoms. The second-order valence-electron chi connectivity index (χ2n) is 4.21. The van der Waals surface area contributed by atoms with Gasteiger partial charge < -0.3 is 10.1 Å². The number of fused-ring (bicyclic) bond motifs is 1. The molecular formula is C15H9F2N3. The third-order valence-corrected chi connectivity index (χ3v) is 2.88. The molecule has 0 aliphatic heterocycles. The fraction of sp³-hybridized carbons (Fsp3) is 0. The highest BCUT2D eigenvalue weighted by molar-refractivity contribution is 5.55. The Kier molecular flexibility index (Phi) is 2.84. The number of rotatable bonds is 0. The zero-order valence-electron chi connectivity index (χ0n) is 10.3. The van der Waals surface area contributed by atoms with Crippen molar-refractivity contribution in [2.75, 3.05) is 5.73 Å². The Balaban J connectivity index is 2.01. The molecule has 0 atom stereocenters. The summed E-state index contributed by atoms with van der Waals surface area (Å²) in [4.78, 5) is 3.99. The summed E-state index contributed by atoms with van der Waals surface area (Å²) in [6.45, 7) is 0. The molecule has 0 saturated heterocycles. The van der Waals surface area contributed by atoms with Crippen molar-refractivity contribution in [3.05, 3.63) is 65.7 Å². The maximum Gasteiger partial charge on any atom is 0.164 e. The van der Waals surface area contributed by atoms with Crippen LogP contribution >= 0.6 is 0 Å². The summed E-state index contributed by atoms with van der Waals surface area (Å²) in [6, 6.07) is 5.98. The van der Waals surface area contributed by atoms with E-state index in [0.717, 1.165) is 11.6 Å². The number of benzene rings is 1. The smallest absolute Gasteiger partial charge is 0.164 e. The molecule has 3 rings (SSSR count). The number of nitrogens with zero attached hydrogens (tertiary/aromatic N) is 2. The van der Waals surface area contributed by atoms with Gasteiger partial charge in [-0.15, -0.1) is 0 Å². The van der Waals surface area contributed by atoms with E-state index in [1.807, 2.05) is 16.7 Å². The number of nitrogen functional groups attached to an aromatic ring is 1. The van der Waals surface area contributed by atoms with Gasteiger partial charge in [0, 0.05) is 11.8 Å². The summed E-state index contributed by atoms with van der Waals surface area (Å²) < 4.78 is 28.6. The molecule has 98 valence electrons. The van der Waals surface area contributed by atoms with Crippen LogP contribution in [0.25, 0.3) is 5.52 Å². The Morgan fingerprint density at radius 1 is 1.15 bits per heavy atom. The minimum Gasteiger partial charge on any atom is -0.394 e. The first-order valence-corrected chi connectivity index (χ1v) is 5.82. The maximum absolute atomic E-state index is 13.7. The van der Waals surface area contributed by atoms with Crippen LogP contribution in [0.3, 0.4) is 0 Å². The lowest BCUT2D eigenvalue weighted by molar-refractivity contribution is 0.589. The van der Waals surface area contributed by atoms with Crippen LogP contribution in [0.1, 0.15) is 11.1 Å². The van der Waals surface area contributed by atoms with Gasteiger partial charge >= 0.3 is 0 Å². The van der Waals surface area contributed by atoms with Gasteiger partial charge in [0.25, 0.3) is 0 Å². The van der Waals surface area contributed by atoms with Crippen molar-refractivity contribution in [3.63, 3.8) is 0 Å². The minimum atomic E-state index is -0.831. The van der Waals surface area contributed by atoms with Gasteiger partial charge in [0.1, 0.15) is 11.5 Å². The Morgan fingerprint density at radius 3 is 2.85 bits per heavy atom. The monoisotopic (exact) mass is 269 g/mol. The molecule has 0 unspecified atom stereocenters. The van der Waals surface area contributed by atoms with E-state index in [4.69, 9.17) is 5.73 Å². The zero-order chi connectivity index (χ0) is 14.1. The van der Waals surface area contributed by atoms with Crippen LogP contribution in [0.5, 0.6) is 0 Å². The topological polar surface area (TPSA) is 43.3 Å². The number of hydrogen-bond acceptors (Lipinski definition) is 2. The summed E-state index contributed by atoms with van der Waals surface area (Å²) in [5, 5.41) is 0. The molecule has 2 aromatic heterocycles. The maximum atomic E-state index is 13.7. The third-order valence-electron chi connectivity index (χ3n) is 2.88. The summed E-state index contributed by atoms with van der Waals surface area (Å²) >= 11 is 0. The molecule has 0 saturated carbocycles. The molecule has 2 N–H and O–H groups in total. The van der Waals surface area contributed by atoms with Gasteiger partial charge in [-0.2, -0.15) is 0 Å². The van der Waals surface area contributed by atoms with E-state index < -0.39 is 17.3 Å². The molecule has 0 bridgehead atoms. The number of imidazole rings is 1. The molecule has 0 spiro atoms. The van der Waals surface area contributed by atoms with E-state index in [-0.39, 0.29) is 5.56 Å². The zero-order valence-corrected chi connectivity index (χ0v) is 10.3. The van der Waals surface area contributed by atoms with E-state index in [0.29, 0.717) is 5.56 Å². The number of nitrogens with two attached hydrogens (primary N) is 1. The van der Waals surface area contributed by atoms with Crippen molar-refractivity contribution < 1.29 is 8.78 Å². The molecule has 0 aliphatic rings. The van der Waals surface area contributed by atoms with E-state index in [1.165, 1.54) is 6.07 Å². The molecule has 3 nitrogen and oxygen atoms in total. The van der Waals surface area contributed by atoms with Gasteiger partial charge in [-0.1, -0.05) is 11.8 Å². The van der Waals surface area contributed by atoms with Crippen LogP contribution in [-0.4, -0.2) is 9.38 Å². The first-order valence-electron chi connectivity index (χ1n) is 5.82. The largest absolute Gasteiger partial charge is 0.394 e. The van der Waals surface area contributed by atoms with Crippen molar-refractivity contribution in [1.82, 2.24) is 9.38 Å². The normalized spacial score (nSPS) is 10.3. The number of anilines is 1. The van der Waals surface area contributed by atoms with Crippen molar-refractivity contribution in [1.29, 1.82) is 0 Å². The molecule has 0 aliphatic carbocycles. The van der Waals surface area contributed by atoms with Gasteiger partial charge in [-0.05, 0) is 24.3 Å². The Morgan fingerprint density at radius 2 is 2.00 bits per heavy atom. The molecular weight excluding hydrogens is 260 g/mol. The lowest BCUT2D eigenvalue weighted by Gasteiger charge is -2.00. The van der Waals surface area contributed by atoms with Gasteiger partial charge in [-0.3, -0.25) is 0 Å². The van der Waals surface area contributed by atoms with Gasteiger partial charge in [0.15, 0.2) is 5.82 Å². The van der Waals surface area contributed by atoms with Gasteiger partial charge in [0.2, 0.25) is 0 Å². The lowest BCUT2D eigenvalue weighted by atomic mass is 10.1. The van der Waals surface area contributed by atoms with Crippen molar-refractivity contribution in [2.24, 2.45) is 0 Å². The Bertz CT molecular complexity index is 856. The summed E-state index contributed by atoms with van der Waals surface area (Å²) in [7, 11) is 0. The molecule has 0 fully saturated rings. The lowest BCUT2D eigenvalue weighted by Crippen LogP contribution is -1.97. The highest BCUT2D eigenvalue weighted by atomic mass is 19.1. The van der Waals surface area contributed by atoms with Crippen molar-refractivity contribution in [3.8, 4) is 11.8 Å². The van der Waals surface area contributed by atoms with Crippen LogP contribution in [0.2, 0.25) is 0 Å². The number of pyridine rings is 1. The quantitative estimate of drug-likeness (QED) is 0.503. The average Bonchev–Trinajstić information content (AvgIpc) is 2.91. The predicted octanol–water partition coefficient (Wildman–Crippen LogP) is 2.59. The summed E-state index contributed by atoms with van der Waals surface area (Å²) in [5.41, 5.74) is 6.43. The van der Waals surface area contributed by atoms with E-state index in [1.54, 1.807) is 18.6 Å². The predicted molar refractivity (Wildman–Crippen MR) is 71.9 cm³/mol. The number of halogens is 2. The number of hydrogen-bond donors (Lipinski definition) is 1. The second kappa shape index (κ2) is 4.67. The molecule has 0 radical (unpaired) electrons. The average molecular weight is 269 g/mol.